The van der Waals surface area contributed by atoms with Crippen LogP contribution in [0.4, 0.5) is 28.0 Å². The number of halogens is 4. The van der Waals surface area contributed by atoms with Gasteiger partial charge in [-0.1, -0.05) is 13.8 Å². The van der Waals surface area contributed by atoms with Crippen molar-refractivity contribution in [3.8, 4) is 22.8 Å². The predicted octanol–water partition coefficient (Wildman–Crippen LogP) is 6.15. The summed E-state index contributed by atoms with van der Waals surface area (Å²) in [6, 6.07) is 9.33. The second kappa shape index (κ2) is 16.5. The van der Waals surface area contributed by atoms with E-state index in [0.717, 1.165) is 23.1 Å². The van der Waals surface area contributed by atoms with Crippen LogP contribution >= 0.6 is 12.2 Å². The van der Waals surface area contributed by atoms with Crippen molar-refractivity contribution in [1.29, 1.82) is 0 Å². The van der Waals surface area contributed by atoms with Crippen LogP contribution in [-0.4, -0.2) is 76.9 Å². The topological polar surface area (TPSA) is 163 Å². The van der Waals surface area contributed by atoms with Crippen molar-refractivity contribution in [2.45, 2.75) is 64.5 Å². The summed E-state index contributed by atoms with van der Waals surface area (Å²) < 4.78 is 87.2. The Bertz CT molecular complexity index is 1690. The molecule has 2 heterocycles. The Labute approximate surface area is 297 Å². The normalized spacial score (nSPS) is 16.7. The molecule has 0 saturated heterocycles. The first-order valence-corrected chi connectivity index (χ1v) is 16.5. The highest BCUT2D eigenvalue weighted by molar-refractivity contribution is 7.91. The number of carbonyl (C=O) groups excluding carboxylic acids is 2. The molecule has 0 spiro atoms. The molecule has 0 radical (unpaired) electrons. The highest BCUT2D eigenvalue weighted by atomic mass is 32.2. The number of aromatic nitrogens is 1. The van der Waals surface area contributed by atoms with Gasteiger partial charge in [-0.2, -0.15) is 13.2 Å². The number of nitrogens with zero attached hydrogens (tertiary/aromatic N) is 2. The number of pyridine rings is 1. The van der Waals surface area contributed by atoms with Gasteiger partial charge in [0.25, 0.3) is 5.91 Å². The number of hydrogen-bond acceptors (Lipinski definition) is 11. The minimum Gasteiger partial charge on any atom is -0.493 e. The number of carbonyl (C=O) groups is 2. The predicted molar refractivity (Wildman–Crippen MR) is 183 cm³/mol. The van der Waals surface area contributed by atoms with Crippen LogP contribution in [0.1, 0.15) is 63.2 Å². The van der Waals surface area contributed by atoms with Gasteiger partial charge in [-0.15, -0.1) is 0 Å². The van der Waals surface area contributed by atoms with Crippen molar-refractivity contribution >= 4 is 29.9 Å². The summed E-state index contributed by atoms with van der Waals surface area (Å²) in [5.41, 5.74) is -7.40. The van der Waals surface area contributed by atoms with E-state index in [0.29, 0.717) is 0 Å². The minimum atomic E-state index is -5.42. The molecule has 280 valence electrons. The highest BCUT2D eigenvalue weighted by Gasteiger charge is 2.58. The molecule has 0 bridgehead atoms. The van der Waals surface area contributed by atoms with Gasteiger partial charge in [-0.3, -0.25) is 9.69 Å². The first-order valence-electron chi connectivity index (χ1n) is 15.8. The number of aliphatic hydroxyl groups excluding tert-OH is 1. The molecule has 1 aromatic heterocycles. The number of nitrogens with one attached hydrogen (secondary N) is 2. The molecule has 0 saturated carbocycles. The second-order valence-electron chi connectivity index (χ2n) is 12.3. The average Bonchev–Trinajstić information content (AvgIpc) is 3.38. The van der Waals surface area contributed by atoms with Crippen molar-refractivity contribution in [3.05, 3.63) is 71.2 Å². The van der Waals surface area contributed by atoms with Crippen LogP contribution in [0.15, 0.2) is 48.5 Å². The number of anilines is 1. The smallest absolute Gasteiger partial charge is 0.424 e. The number of amides is 2. The molecule has 4 rings (SSSR count). The number of ether oxygens (including phenoxy) is 3. The van der Waals surface area contributed by atoms with E-state index in [-0.39, 0.29) is 71.6 Å². The number of alkyl halides is 3. The van der Waals surface area contributed by atoms with Crippen molar-refractivity contribution in [1.82, 2.24) is 15.0 Å². The van der Waals surface area contributed by atoms with Crippen LogP contribution in [0.5, 0.6) is 11.5 Å². The molecule has 1 aliphatic rings. The standard InChI is InChI=1S/C32H36F4N4O8S.C2H6/c1-29(2,3)48-28(43)40-17-30(4,39-49-45)21-15-24(38-25(26(21)40)18-6-9-20(33)10-7-18)31(44,32(34,35)36)16-37-27(42)19-8-11-22(47-13-12-41)23(14-19)46-5;1-2/h6-11,14-15,39,41,44-45H,12-13,16-17H2,1-5H3,(H,37,42);1-2H3/t30-,31?;/m1./s1. The summed E-state index contributed by atoms with van der Waals surface area (Å²) in [4.78, 5) is 31.9. The first-order chi connectivity index (χ1) is 23.9. The van der Waals surface area contributed by atoms with Gasteiger partial charge in [0.05, 0.1) is 61.6 Å². The lowest BCUT2D eigenvalue weighted by molar-refractivity contribution is -0.265. The molecule has 1 aliphatic heterocycles. The van der Waals surface area contributed by atoms with Gasteiger partial charge in [-0.25, -0.2) is 18.9 Å². The van der Waals surface area contributed by atoms with Gasteiger partial charge >= 0.3 is 12.3 Å². The summed E-state index contributed by atoms with van der Waals surface area (Å²) >= 11 is 0.159. The van der Waals surface area contributed by atoms with E-state index < -0.39 is 53.0 Å². The van der Waals surface area contributed by atoms with Crippen LogP contribution in [0, 0.1) is 5.82 Å². The lowest BCUT2D eigenvalue weighted by Crippen LogP contribution is -2.51. The molecule has 17 heteroatoms. The Balaban J connectivity index is 0.00000345. The summed E-state index contributed by atoms with van der Waals surface area (Å²) in [5.74, 6) is -1.41. The molecular weight excluding hydrogens is 700 g/mol. The van der Waals surface area contributed by atoms with Crippen molar-refractivity contribution in [3.63, 3.8) is 0 Å². The molecule has 51 heavy (non-hydrogen) atoms. The lowest BCUT2D eigenvalue weighted by atomic mass is 9.89. The zero-order valence-corrected chi connectivity index (χ0v) is 30.0. The second-order valence-corrected chi connectivity index (χ2v) is 12.7. The Morgan fingerprint density at radius 3 is 2.25 bits per heavy atom. The fourth-order valence-corrected chi connectivity index (χ4v) is 5.50. The Morgan fingerprint density at radius 1 is 1.06 bits per heavy atom. The van der Waals surface area contributed by atoms with E-state index in [4.69, 9.17) is 19.3 Å². The third-order valence-corrected chi connectivity index (χ3v) is 8.05. The lowest BCUT2D eigenvalue weighted by Gasteiger charge is -2.32. The third-order valence-electron chi connectivity index (χ3n) is 7.51. The maximum atomic E-state index is 14.9. The number of aliphatic hydroxyl groups is 2. The van der Waals surface area contributed by atoms with Crippen LogP contribution in [0.3, 0.4) is 0 Å². The monoisotopic (exact) mass is 742 g/mol. The van der Waals surface area contributed by atoms with E-state index in [2.05, 4.69) is 15.0 Å². The molecule has 12 nitrogen and oxygen atoms in total. The van der Waals surface area contributed by atoms with E-state index in [1.807, 2.05) is 13.8 Å². The molecule has 1 unspecified atom stereocenters. The van der Waals surface area contributed by atoms with Gasteiger partial charge in [0.15, 0.2) is 11.5 Å². The van der Waals surface area contributed by atoms with E-state index in [9.17, 15) is 36.8 Å². The summed E-state index contributed by atoms with van der Waals surface area (Å²) in [6.45, 7) is 8.36. The molecule has 2 aromatic carbocycles. The third kappa shape index (κ3) is 9.20. The van der Waals surface area contributed by atoms with Crippen molar-refractivity contribution in [2.75, 3.05) is 38.3 Å². The van der Waals surface area contributed by atoms with Crippen LogP contribution in [0.25, 0.3) is 11.3 Å². The summed E-state index contributed by atoms with van der Waals surface area (Å²) in [5, 5.41) is 22.5. The highest BCUT2D eigenvalue weighted by Crippen LogP contribution is 2.49. The van der Waals surface area contributed by atoms with Crippen molar-refractivity contribution in [2.24, 2.45) is 0 Å². The number of methoxy groups -OCH3 is 1. The quantitative estimate of drug-likeness (QED) is 0.0870. The Kier molecular flexibility index (Phi) is 13.3. The fraction of sp³-hybridized carbons (Fsp3) is 0.441. The largest absolute Gasteiger partial charge is 0.493 e. The van der Waals surface area contributed by atoms with Gasteiger partial charge in [0, 0.05) is 16.7 Å². The Morgan fingerprint density at radius 2 is 1.71 bits per heavy atom. The van der Waals surface area contributed by atoms with Gasteiger partial charge in [-0.05, 0) is 76.2 Å². The molecular formula is C34H42F4N4O8S. The number of hydrogen-bond donors (Lipinski definition) is 5. The van der Waals surface area contributed by atoms with Crippen LogP contribution < -0.4 is 24.4 Å². The Hall–Kier alpha value is -4.16. The van der Waals surface area contributed by atoms with E-state index in [1.165, 1.54) is 44.4 Å². The number of rotatable bonds is 11. The zero-order chi connectivity index (χ0) is 38.4. The first kappa shape index (κ1) is 41.3. The molecule has 2 atom stereocenters. The number of fused-ring (bicyclic) bond motifs is 1. The molecule has 0 aliphatic carbocycles. The van der Waals surface area contributed by atoms with Crippen LogP contribution in [-0.2, 0) is 15.9 Å². The van der Waals surface area contributed by atoms with E-state index in [1.54, 1.807) is 20.8 Å². The van der Waals surface area contributed by atoms with E-state index >= 15 is 0 Å². The molecule has 2 amide bonds. The summed E-state index contributed by atoms with van der Waals surface area (Å²) in [7, 11) is 1.28. The zero-order valence-electron chi connectivity index (χ0n) is 29.1. The average molecular weight is 743 g/mol. The molecule has 0 fully saturated rings. The SMILES string of the molecule is CC.COc1cc(C(=O)NCC(O)(c2cc3c(c(-c4ccc(F)cc4)n2)N(C(=O)OC(C)(C)C)C[C@@]3(C)NSO)C(F)(F)F)ccc1OCCO. The van der Waals surface area contributed by atoms with Gasteiger partial charge in [0.2, 0.25) is 5.60 Å². The van der Waals surface area contributed by atoms with Crippen molar-refractivity contribution < 1.29 is 56.1 Å². The minimum absolute atomic E-state index is 0.00202. The maximum absolute atomic E-state index is 14.9. The summed E-state index contributed by atoms with van der Waals surface area (Å²) in [6.07, 6.45) is -6.29. The molecule has 5 N–H and O–H groups in total. The van der Waals surface area contributed by atoms with Crippen LogP contribution in [0.2, 0.25) is 0 Å². The van der Waals surface area contributed by atoms with Gasteiger partial charge < -0.3 is 34.3 Å². The fourth-order valence-electron chi connectivity index (χ4n) is 5.12. The number of benzene rings is 2. The maximum Gasteiger partial charge on any atom is 0.424 e. The molecule has 3 aromatic rings. The van der Waals surface area contributed by atoms with Gasteiger partial charge in [0.1, 0.15) is 18.0 Å².